The Labute approximate surface area is 129 Å². The van der Waals surface area contributed by atoms with E-state index in [0.717, 1.165) is 0 Å². The van der Waals surface area contributed by atoms with Crippen molar-refractivity contribution in [1.82, 2.24) is 4.90 Å². The van der Waals surface area contributed by atoms with E-state index >= 15 is 0 Å². The number of carboxylic acid groups (broad SMARTS) is 1. The molecule has 1 aliphatic rings. The van der Waals surface area contributed by atoms with E-state index in [4.69, 9.17) is 15.1 Å². The number of nitrogens with one attached hydrogen (secondary N) is 1. The molecular weight excluding hydrogens is 342 g/mol. The van der Waals surface area contributed by atoms with E-state index in [0.29, 0.717) is 22.3 Å². The lowest BCUT2D eigenvalue weighted by molar-refractivity contribution is -0.154. The summed E-state index contributed by atoms with van der Waals surface area (Å²) in [5.41, 5.74) is 0.981. The fourth-order valence-corrected chi connectivity index (χ4v) is 2.34. The molecule has 110 valence electrons. The van der Waals surface area contributed by atoms with Gasteiger partial charge in [0.15, 0.2) is 6.10 Å². The summed E-state index contributed by atoms with van der Waals surface area (Å²) in [5, 5.41) is 20.4. The first-order valence-corrected chi connectivity index (χ1v) is 6.90. The highest BCUT2D eigenvalue weighted by Crippen LogP contribution is 2.24. The Morgan fingerprint density at radius 2 is 2.29 bits per heavy atom. The summed E-state index contributed by atoms with van der Waals surface area (Å²) in [6.07, 6.45) is -1.01. The maximum absolute atomic E-state index is 12.1. The molecule has 0 aromatic heterocycles. The number of aliphatic carboxylic acids is 1. The maximum atomic E-state index is 12.1. The van der Waals surface area contributed by atoms with Gasteiger partial charge in [0, 0.05) is 11.0 Å². The Hall–Kier alpha value is -2.11. The molecule has 1 aromatic carbocycles. The van der Waals surface area contributed by atoms with Crippen molar-refractivity contribution in [3.63, 3.8) is 0 Å². The predicted octanol–water partition coefficient (Wildman–Crippen LogP) is 1.64. The van der Waals surface area contributed by atoms with Gasteiger partial charge in [-0.1, -0.05) is 0 Å². The average molecular weight is 354 g/mol. The number of anilines is 1. The molecule has 0 spiro atoms. The van der Waals surface area contributed by atoms with Crippen molar-refractivity contribution in [2.24, 2.45) is 0 Å². The summed E-state index contributed by atoms with van der Waals surface area (Å²) >= 11 is 3.27. The van der Waals surface area contributed by atoms with Gasteiger partial charge in [-0.25, -0.2) is 9.59 Å². The fraction of sp³-hybridized carbons (Fsp3) is 0.308. The zero-order chi connectivity index (χ0) is 15.4. The number of nitrogens with zero attached hydrogens (tertiary/aromatic N) is 2. The van der Waals surface area contributed by atoms with Gasteiger partial charge >= 0.3 is 12.0 Å². The highest BCUT2D eigenvalue weighted by atomic mass is 79.9. The number of ether oxygens (including phenoxy) is 1. The van der Waals surface area contributed by atoms with Crippen LogP contribution in [0.25, 0.3) is 0 Å². The average Bonchev–Trinajstić information content (AvgIpc) is 2.49. The molecule has 0 saturated carbocycles. The van der Waals surface area contributed by atoms with Crippen LogP contribution >= 0.6 is 15.9 Å². The first-order chi connectivity index (χ1) is 10.0. The molecule has 0 bridgehead atoms. The van der Waals surface area contributed by atoms with Crippen molar-refractivity contribution in [2.75, 3.05) is 25.0 Å². The van der Waals surface area contributed by atoms with Crippen molar-refractivity contribution in [3.05, 3.63) is 28.2 Å². The van der Waals surface area contributed by atoms with E-state index in [9.17, 15) is 9.59 Å². The van der Waals surface area contributed by atoms with Crippen LogP contribution in [0.5, 0.6) is 0 Å². The van der Waals surface area contributed by atoms with Gasteiger partial charge in [-0.05, 0) is 34.1 Å². The van der Waals surface area contributed by atoms with Gasteiger partial charge in [0.05, 0.1) is 30.5 Å². The minimum Gasteiger partial charge on any atom is -0.479 e. The van der Waals surface area contributed by atoms with Crippen LogP contribution in [-0.4, -0.2) is 47.8 Å². The molecule has 1 atom stereocenters. The number of carbonyl (C=O) groups excluding carboxylic acids is 1. The summed E-state index contributed by atoms with van der Waals surface area (Å²) in [7, 11) is 0. The molecule has 2 N–H and O–H groups in total. The monoisotopic (exact) mass is 353 g/mol. The number of rotatable bonds is 2. The second-order valence-electron chi connectivity index (χ2n) is 4.38. The third-order valence-corrected chi connectivity index (χ3v) is 3.62. The third kappa shape index (κ3) is 3.71. The molecule has 1 aromatic rings. The second kappa shape index (κ2) is 6.56. The van der Waals surface area contributed by atoms with Gasteiger partial charge in [0.25, 0.3) is 0 Å². The molecule has 7 nitrogen and oxygen atoms in total. The summed E-state index contributed by atoms with van der Waals surface area (Å²) in [6.45, 7) is 0.498. The van der Waals surface area contributed by atoms with Gasteiger partial charge in [-0.15, -0.1) is 0 Å². The SMILES string of the molecule is N#Cc1ccc(NC(=O)N2CCOC(C(=O)O)C2)c(Br)c1. The zero-order valence-electron chi connectivity index (χ0n) is 10.9. The van der Waals surface area contributed by atoms with Gasteiger partial charge in [-0.2, -0.15) is 5.26 Å². The van der Waals surface area contributed by atoms with Gasteiger partial charge < -0.3 is 20.1 Å². The first-order valence-electron chi connectivity index (χ1n) is 6.11. The van der Waals surface area contributed by atoms with Gasteiger partial charge in [-0.3, -0.25) is 0 Å². The lowest BCUT2D eigenvalue weighted by atomic mass is 10.2. The largest absolute Gasteiger partial charge is 0.479 e. The van der Waals surface area contributed by atoms with E-state index in [1.54, 1.807) is 18.2 Å². The van der Waals surface area contributed by atoms with Crippen LogP contribution < -0.4 is 5.32 Å². The smallest absolute Gasteiger partial charge is 0.334 e. The number of hydrogen-bond acceptors (Lipinski definition) is 4. The Kier molecular flexibility index (Phi) is 4.77. The predicted molar refractivity (Wildman–Crippen MR) is 76.8 cm³/mol. The van der Waals surface area contributed by atoms with Crippen molar-refractivity contribution in [3.8, 4) is 6.07 Å². The van der Waals surface area contributed by atoms with Crippen LogP contribution in [0.15, 0.2) is 22.7 Å². The van der Waals surface area contributed by atoms with E-state index in [-0.39, 0.29) is 13.2 Å². The molecule has 0 aliphatic carbocycles. The second-order valence-corrected chi connectivity index (χ2v) is 5.23. The van der Waals surface area contributed by atoms with E-state index in [1.165, 1.54) is 4.90 Å². The molecule has 8 heteroatoms. The molecule has 1 unspecified atom stereocenters. The fourth-order valence-electron chi connectivity index (χ4n) is 1.86. The Bertz CT molecular complexity index is 614. The minimum absolute atomic E-state index is 0.00490. The molecule has 2 amide bonds. The number of urea groups is 1. The van der Waals surface area contributed by atoms with Gasteiger partial charge in [0.2, 0.25) is 0 Å². The lowest BCUT2D eigenvalue weighted by Gasteiger charge is -2.30. The van der Waals surface area contributed by atoms with E-state index in [1.807, 2.05) is 6.07 Å². The van der Waals surface area contributed by atoms with Crippen molar-refractivity contribution in [2.45, 2.75) is 6.10 Å². The van der Waals surface area contributed by atoms with E-state index < -0.39 is 18.1 Å². The summed E-state index contributed by atoms with van der Waals surface area (Å²) < 4.78 is 5.64. The minimum atomic E-state index is -1.09. The number of benzene rings is 1. The van der Waals surface area contributed by atoms with Crippen molar-refractivity contribution < 1.29 is 19.4 Å². The topological polar surface area (TPSA) is 103 Å². The number of carboxylic acids is 1. The molecule has 2 rings (SSSR count). The molecule has 1 fully saturated rings. The highest BCUT2D eigenvalue weighted by Gasteiger charge is 2.29. The standard InChI is InChI=1S/C13H12BrN3O4/c14-9-5-8(6-15)1-2-10(9)16-13(20)17-3-4-21-11(7-17)12(18)19/h1-2,5,11H,3-4,7H2,(H,16,20)(H,18,19). The number of morpholine rings is 1. The van der Waals surface area contributed by atoms with Crippen LogP contribution in [0.3, 0.4) is 0 Å². The number of hydrogen-bond donors (Lipinski definition) is 2. The summed E-state index contributed by atoms with van der Waals surface area (Å²) in [5.74, 6) is -1.09. The molecule has 1 saturated heterocycles. The third-order valence-electron chi connectivity index (χ3n) is 2.97. The number of carbonyl (C=O) groups is 2. The summed E-state index contributed by atoms with van der Waals surface area (Å²) in [4.78, 5) is 24.4. The number of amides is 2. The molecule has 0 radical (unpaired) electrons. The van der Waals surface area contributed by atoms with Crippen LogP contribution in [0.2, 0.25) is 0 Å². The molecular formula is C13H12BrN3O4. The van der Waals surface area contributed by atoms with Crippen LogP contribution in [-0.2, 0) is 9.53 Å². The molecule has 1 aliphatic heterocycles. The van der Waals surface area contributed by atoms with Crippen LogP contribution in [0.1, 0.15) is 5.56 Å². The van der Waals surface area contributed by atoms with Crippen LogP contribution in [0, 0.1) is 11.3 Å². The number of nitriles is 1. The Morgan fingerprint density at radius 3 is 2.90 bits per heavy atom. The maximum Gasteiger partial charge on any atom is 0.334 e. The van der Waals surface area contributed by atoms with Crippen molar-refractivity contribution >= 4 is 33.6 Å². The Balaban J connectivity index is 2.04. The Morgan fingerprint density at radius 1 is 1.52 bits per heavy atom. The van der Waals surface area contributed by atoms with Gasteiger partial charge in [0.1, 0.15) is 0 Å². The van der Waals surface area contributed by atoms with Crippen LogP contribution in [0.4, 0.5) is 10.5 Å². The summed E-state index contributed by atoms with van der Waals surface area (Å²) in [6, 6.07) is 6.37. The normalized spacial score (nSPS) is 17.9. The lowest BCUT2D eigenvalue weighted by Crippen LogP contribution is -2.49. The zero-order valence-corrected chi connectivity index (χ0v) is 12.5. The van der Waals surface area contributed by atoms with Crippen molar-refractivity contribution in [1.29, 1.82) is 5.26 Å². The molecule has 21 heavy (non-hydrogen) atoms. The van der Waals surface area contributed by atoms with E-state index in [2.05, 4.69) is 21.2 Å². The quantitative estimate of drug-likeness (QED) is 0.841. The first kappa shape index (κ1) is 15.3. The highest BCUT2D eigenvalue weighted by molar-refractivity contribution is 9.10. The molecule has 1 heterocycles. The number of halogens is 1.